The van der Waals surface area contributed by atoms with Crippen LogP contribution in [0.2, 0.25) is 0 Å². The highest BCUT2D eigenvalue weighted by Crippen LogP contribution is 2.11. The molecule has 1 aromatic carbocycles. The average Bonchev–Trinajstić information content (AvgIpc) is 2.44. The monoisotopic (exact) mass is 256 g/mol. The largest absolute Gasteiger partial charge is 0.375 e. The maximum atomic E-state index is 4.31. The van der Waals surface area contributed by atoms with E-state index in [4.69, 9.17) is 0 Å². The molecule has 4 heteroatoms. The van der Waals surface area contributed by atoms with E-state index in [2.05, 4.69) is 51.5 Å². The second-order valence-electron chi connectivity index (χ2n) is 4.53. The Bertz CT molecular complexity index is 499. The van der Waals surface area contributed by atoms with Crippen molar-refractivity contribution in [3.05, 3.63) is 48.4 Å². The van der Waals surface area contributed by atoms with Gasteiger partial charge in [-0.2, -0.15) is 0 Å². The van der Waals surface area contributed by atoms with E-state index in [1.807, 2.05) is 19.1 Å². The second-order valence-corrected chi connectivity index (χ2v) is 4.53. The van der Waals surface area contributed by atoms with E-state index >= 15 is 0 Å². The Hall–Kier alpha value is -2.10. The molecule has 4 nitrogen and oxygen atoms in total. The quantitative estimate of drug-likeness (QED) is 0.807. The Labute approximate surface area is 114 Å². The van der Waals surface area contributed by atoms with Crippen LogP contribution in [0.25, 0.3) is 0 Å². The molecule has 0 amide bonds. The molecular weight excluding hydrogens is 236 g/mol. The molecule has 2 aromatic rings. The third-order valence-electron chi connectivity index (χ3n) is 2.95. The first-order valence-electron chi connectivity index (χ1n) is 6.55. The van der Waals surface area contributed by atoms with Crippen molar-refractivity contribution >= 4 is 11.5 Å². The number of rotatable bonds is 6. The number of hydrogen-bond acceptors (Lipinski definition) is 4. The van der Waals surface area contributed by atoms with E-state index in [1.54, 1.807) is 6.20 Å². The average molecular weight is 256 g/mol. The van der Waals surface area contributed by atoms with Crippen molar-refractivity contribution in [1.29, 1.82) is 0 Å². The smallest absolute Gasteiger partial charge is 0.129 e. The first-order valence-corrected chi connectivity index (χ1v) is 6.55. The Morgan fingerprint density at radius 2 is 1.95 bits per heavy atom. The molecule has 2 rings (SSSR count). The van der Waals surface area contributed by atoms with Gasteiger partial charge in [-0.15, -0.1) is 0 Å². The topological polar surface area (TPSA) is 41.1 Å². The van der Waals surface area contributed by atoms with Crippen molar-refractivity contribution in [2.24, 2.45) is 0 Å². The highest BCUT2D eigenvalue weighted by molar-refractivity contribution is 5.44. The van der Waals surface area contributed by atoms with Crippen LogP contribution < -0.4 is 10.2 Å². The van der Waals surface area contributed by atoms with Gasteiger partial charge in [-0.3, -0.25) is 0 Å². The van der Waals surface area contributed by atoms with Crippen molar-refractivity contribution in [1.82, 2.24) is 9.97 Å². The Balaban J connectivity index is 1.72. The van der Waals surface area contributed by atoms with Crippen LogP contribution in [-0.2, 0) is 0 Å². The molecule has 0 radical (unpaired) electrons. The van der Waals surface area contributed by atoms with E-state index in [9.17, 15) is 0 Å². The lowest BCUT2D eigenvalue weighted by Crippen LogP contribution is -2.20. The van der Waals surface area contributed by atoms with E-state index in [0.29, 0.717) is 0 Å². The second kappa shape index (κ2) is 6.73. The minimum atomic E-state index is 0.798. The molecule has 19 heavy (non-hydrogen) atoms. The van der Waals surface area contributed by atoms with Crippen LogP contribution in [-0.4, -0.2) is 30.1 Å². The summed E-state index contributed by atoms with van der Waals surface area (Å²) in [6, 6.07) is 12.3. The first kappa shape index (κ1) is 13.3. The van der Waals surface area contributed by atoms with Crippen LogP contribution in [0.3, 0.4) is 0 Å². The molecule has 0 spiro atoms. The summed E-state index contributed by atoms with van der Waals surface area (Å²) in [5, 5.41) is 3.31. The highest BCUT2D eigenvalue weighted by Gasteiger charge is 1.99. The van der Waals surface area contributed by atoms with Crippen LogP contribution in [0, 0.1) is 6.92 Å². The van der Waals surface area contributed by atoms with Crippen LogP contribution in [0.4, 0.5) is 11.5 Å². The molecule has 1 N–H and O–H groups in total. The van der Waals surface area contributed by atoms with Gasteiger partial charge in [0, 0.05) is 32.0 Å². The molecule has 0 unspecified atom stereocenters. The van der Waals surface area contributed by atoms with Crippen molar-refractivity contribution in [2.75, 3.05) is 30.4 Å². The minimum absolute atomic E-state index is 0.798. The summed E-state index contributed by atoms with van der Waals surface area (Å²) in [5.41, 5.74) is 1.25. The fourth-order valence-electron chi connectivity index (χ4n) is 1.90. The van der Waals surface area contributed by atoms with Crippen LogP contribution in [0.15, 0.2) is 42.6 Å². The molecule has 0 aliphatic heterocycles. The zero-order valence-corrected chi connectivity index (χ0v) is 11.5. The van der Waals surface area contributed by atoms with Gasteiger partial charge < -0.3 is 10.2 Å². The van der Waals surface area contributed by atoms with E-state index < -0.39 is 0 Å². The molecular formula is C15H20N4. The Morgan fingerprint density at radius 1 is 1.16 bits per heavy atom. The predicted molar refractivity (Wildman–Crippen MR) is 79.6 cm³/mol. The molecule has 100 valence electrons. The van der Waals surface area contributed by atoms with Gasteiger partial charge in [-0.05, 0) is 31.5 Å². The van der Waals surface area contributed by atoms with Crippen LogP contribution in [0.1, 0.15) is 12.2 Å². The number of aryl methyl sites for hydroxylation is 1. The summed E-state index contributed by atoms with van der Waals surface area (Å²) in [7, 11) is 2.12. The molecule has 0 bridgehead atoms. The number of para-hydroxylation sites is 1. The summed E-state index contributed by atoms with van der Waals surface area (Å²) in [6.07, 6.45) is 2.84. The molecule has 0 aliphatic rings. The van der Waals surface area contributed by atoms with E-state index in [-0.39, 0.29) is 0 Å². The van der Waals surface area contributed by atoms with Crippen molar-refractivity contribution in [2.45, 2.75) is 13.3 Å². The number of nitrogens with zero attached hydrogens (tertiary/aromatic N) is 3. The standard InChI is InChI=1S/C15H20N4/c1-13-16-11-9-15(18-13)17-10-6-12-19(2)14-7-4-3-5-8-14/h3-5,7-9,11H,6,10,12H2,1-2H3,(H,16,17,18). The predicted octanol–water partition coefficient (Wildman–Crippen LogP) is 2.72. The van der Waals surface area contributed by atoms with Crippen LogP contribution >= 0.6 is 0 Å². The number of hydrogen-bond donors (Lipinski definition) is 1. The van der Waals surface area contributed by atoms with Crippen molar-refractivity contribution in [3.63, 3.8) is 0 Å². The SMILES string of the molecule is Cc1nccc(NCCCN(C)c2ccccc2)n1. The molecule has 1 heterocycles. The molecule has 0 saturated carbocycles. The highest BCUT2D eigenvalue weighted by atomic mass is 15.1. The fourth-order valence-corrected chi connectivity index (χ4v) is 1.90. The van der Waals surface area contributed by atoms with Crippen molar-refractivity contribution in [3.8, 4) is 0 Å². The number of aromatic nitrogens is 2. The lowest BCUT2D eigenvalue weighted by atomic mass is 10.3. The maximum Gasteiger partial charge on any atom is 0.129 e. The molecule has 0 atom stereocenters. The fraction of sp³-hybridized carbons (Fsp3) is 0.333. The van der Waals surface area contributed by atoms with E-state index in [0.717, 1.165) is 31.2 Å². The lowest BCUT2D eigenvalue weighted by molar-refractivity contribution is 0.813. The minimum Gasteiger partial charge on any atom is -0.375 e. The van der Waals surface area contributed by atoms with Crippen LogP contribution in [0.5, 0.6) is 0 Å². The molecule has 0 fully saturated rings. The zero-order chi connectivity index (χ0) is 13.5. The summed E-state index contributed by atoms with van der Waals surface area (Å²) in [5.74, 6) is 1.70. The Morgan fingerprint density at radius 3 is 2.68 bits per heavy atom. The third kappa shape index (κ3) is 4.25. The van der Waals surface area contributed by atoms with Gasteiger partial charge in [0.15, 0.2) is 0 Å². The summed E-state index contributed by atoms with van der Waals surface area (Å²) < 4.78 is 0. The van der Waals surface area contributed by atoms with Gasteiger partial charge in [-0.1, -0.05) is 18.2 Å². The van der Waals surface area contributed by atoms with Crippen molar-refractivity contribution < 1.29 is 0 Å². The number of benzene rings is 1. The van der Waals surface area contributed by atoms with E-state index in [1.165, 1.54) is 5.69 Å². The number of anilines is 2. The van der Waals surface area contributed by atoms with Gasteiger partial charge in [0.25, 0.3) is 0 Å². The normalized spacial score (nSPS) is 10.2. The Kier molecular flexibility index (Phi) is 4.72. The van der Waals surface area contributed by atoms with Gasteiger partial charge in [-0.25, -0.2) is 9.97 Å². The molecule has 0 aliphatic carbocycles. The lowest BCUT2D eigenvalue weighted by Gasteiger charge is -2.19. The summed E-state index contributed by atoms with van der Waals surface area (Å²) in [6.45, 7) is 3.82. The van der Waals surface area contributed by atoms with Gasteiger partial charge in [0.05, 0.1) is 0 Å². The third-order valence-corrected chi connectivity index (χ3v) is 2.95. The zero-order valence-electron chi connectivity index (χ0n) is 11.5. The molecule has 0 saturated heterocycles. The first-order chi connectivity index (χ1) is 9.25. The van der Waals surface area contributed by atoms with Gasteiger partial charge >= 0.3 is 0 Å². The van der Waals surface area contributed by atoms with Gasteiger partial charge in [0.1, 0.15) is 11.6 Å². The van der Waals surface area contributed by atoms with Gasteiger partial charge in [0.2, 0.25) is 0 Å². The summed E-state index contributed by atoms with van der Waals surface area (Å²) in [4.78, 5) is 10.6. The summed E-state index contributed by atoms with van der Waals surface area (Å²) >= 11 is 0. The number of nitrogens with one attached hydrogen (secondary N) is 1. The maximum absolute atomic E-state index is 4.31. The molecule has 1 aromatic heterocycles.